The van der Waals surface area contributed by atoms with Crippen LogP contribution < -0.4 is 16.4 Å². The van der Waals surface area contributed by atoms with Crippen LogP contribution in [-0.4, -0.2) is 42.2 Å². The number of hydrogen-bond acceptors (Lipinski definition) is 5. The number of aromatic nitrogens is 2. The molecule has 7 nitrogen and oxygen atoms in total. The van der Waals surface area contributed by atoms with Gasteiger partial charge >= 0.3 is 0 Å². The van der Waals surface area contributed by atoms with Crippen molar-refractivity contribution in [3.63, 3.8) is 0 Å². The first-order chi connectivity index (χ1) is 10.1. The molecule has 0 saturated carbocycles. The highest BCUT2D eigenvalue weighted by molar-refractivity contribution is 6.31. The van der Waals surface area contributed by atoms with E-state index < -0.39 is 0 Å². The quantitative estimate of drug-likeness (QED) is 0.634. The molecule has 0 bridgehead atoms. The van der Waals surface area contributed by atoms with Crippen molar-refractivity contribution in [3.05, 3.63) is 23.2 Å². The van der Waals surface area contributed by atoms with Gasteiger partial charge in [0.15, 0.2) is 11.8 Å². The summed E-state index contributed by atoms with van der Waals surface area (Å²) >= 11 is 6.02. The first kappa shape index (κ1) is 13.8. The SMILES string of the molecule is NC(N)=Nc1nc(N2CCOCC2)nc2ccc(Cl)cc12. The van der Waals surface area contributed by atoms with Gasteiger partial charge in [-0.25, -0.2) is 4.98 Å². The Bertz CT molecular complexity index is 694. The Morgan fingerprint density at radius 1 is 1.24 bits per heavy atom. The van der Waals surface area contributed by atoms with E-state index >= 15 is 0 Å². The zero-order valence-corrected chi connectivity index (χ0v) is 12.0. The summed E-state index contributed by atoms with van der Waals surface area (Å²) in [5, 5.41) is 1.30. The van der Waals surface area contributed by atoms with Gasteiger partial charge < -0.3 is 21.1 Å². The third-order valence-corrected chi connectivity index (χ3v) is 3.39. The number of rotatable bonds is 2. The van der Waals surface area contributed by atoms with Crippen LogP contribution >= 0.6 is 11.6 Å². The molecule has 1 aliphatic heterocycles. The van der Waals surface area contributed by atoms with Crippen molar-refractivity contribution < 1.29 is 4.74 Å². The van der Waals surface area contributed by atoms with E-state index in [1.807, 2.05) is 11.0 Å². The lowest BCUT2D eigenvalue weighted by Crippen LogP contribution is -2.37. The number of fused-ring (bicyclic) bond motifs is 1. The van der Waals surface area contributed by atoms with E-state index in [9.17, 15) is 0 Å². The van der Waals surface area contributed by atoms with E-state index in [1.165, 1.54) is 0 Å². The van der Waals surface area contributed by atoms with Crippen LogP contribution in [0.2, 0.25) is 5.02 Å². The Morgan fingerprint density at radius 2 is 2.00 bits per heavy atom. The normalized spacial score (nSPS) is 15.2. The molecule has 1 aromatic heterocycles. The van der Waals surface area contributed by atoms with Crippen LogP contribution in [0.25, 0.3) is 10.9 Å². The maximum atomic E-state index is 6.02. The van der Waals surface area contributed by atoms with Crippen LogP contribution in [0.3, 0.4) is 0 Å². The molecule has 0 aliphatic carbocycles. The van der Waals surface area contributed by atoms with E-state index in [0.29, 0.717) is 35.4 Å². The maximum Gasteiger partial charge on any atom is 0.228 e. The van der Waals surface area contributed by atoms with Gasteiger partial charge in [-0.15, -0.1) is 0 Å². The summed E-state index contributed by atoms with van der Waals surface area (Å²) in [6.07, 6.45) is 0. The molecule has 0 atom stereocenters. The number of nitrogens with zero attached hydrogens (tertiary/aromatic N) is 4. The average molecular weight is 307 g/mol. The van der Waals surface area contributed by atoms with Crippen molar-refractivity contribution in [1.82, 2.24) is 9.97 Å². The van der Waals surface area contributed by atoms with Gasteiger partial charge in [-0.05, 0) is 18.2 Å². The third-order valence-electron chi connectivity index (χ3n) is 3.15. The Balaban J connectivity index is 2.14. The number of hydrogen-bond donors (Lipinski definition) is 2. The Labute approximate surface area is 126 Å². The van der Waals surface area contributed by atoms with E-state index in [1.54, 1.807) is 12.1 Å². The summed E-state index contributed by atoms with van der Waals surface area (Å²) < 4.78 is 5.34. The lowest BCUT2D eigenvalue weighted by atomic mass is 10.2. The zero-order valence-electron chi connectivity index (χ0n) is 11.3. The van der Waals surface area contributed by atoms with Crippen molar-refractivity contribution in [2.75, 3.05) is 31.2 Å². The van der Waals surface area contributed by atoms with Crippen LogP contribution in [0.1, 0.15) is 0 Å². The van der Waals surface area contributed by atoms with Gasteiger partial charge in [0.2, 0.25) is 5.95 Å². The smallest absolute Gasteiger partial charge is 0.228 e. The van der Waals surface area contributed by atoms with Crippen LogP contribution in [-0.2, 0) is 4.74 Å². The van der Waals surface area contributed by atoms with Crippen molar-refractivity contribution in [2.45, 2.75) is 0 Å². The molecule has 0 radical (unpaired) electrons. The van der Waals surface area contributed by atoms with Crippen molar-refractivity contribution in [1.29, 1.82) is 0 Å². The van der Waals surface area contributed by atoms with Crippen molar-refractivity contribution in [2.24, 2.45) is 16.5 Å². The molecule has 0 spiro atoms. The standard InChI is InChI=1S/C13H15ClN6O/c14-8-1-2-10-9(7-8)11(18-12(15)16)19-13(17-10)20-3-5-21-6-4-20/h1-2,7H,3-6H2,(H4,15,16,17,18,19). The first-order valence-electron chi connectivity index (χ1n) is 6.53. The third kappa shape index (κ3) is 2.98. The number of guanidine groups is 1. The van der Waals surface area contributed by atoms with E-state index in [2.05, 4.69) is 15.0 Å². The van der Waals surface area contributed by atoms with Gasteiger partial charge in [-0.2, -0.15) is 9.98 Å². The Hall–Kier alpha value is -2.12. The molecule has 8 heteroatoms. The second kappa shape index (κ2) is 5.71. The number of nitrogens with two attached hydrogens (primary N) is 2. The van der Waals surface area contributed by atoms with Crippen molar-refractivity contribution in [3.8, 4) is 0 Å². The van der Waals surface area contributed by atoms with Crippen molar-refractivity contribution >= 4 is 40.2 Å². The molecule has 0 amide bonds. The fourth-order valence-corrected chi connectivity index (χ4v) is 2.36. The van der Waals surface area contributed by atoms with Crippen LogP contribution in [0, 0.1) is 0 Å². The largest absolute Gasteiger partial charge is 0.378 e. The highest BCUT2D eigenvalue weighted by atomic mass is 35.5. The molecule has 2 aromatic rings. The molecule has 21 heavy (non-hydrogen) atoms. The number of aliphatic imine (C=N–C) groups is 1. The summed E-state index contributed by atoms with van der Waals surface area (Å²) in [4.78, 5) is 15.2. The minimum Gasteiger partial charge on any atom is -0.378 e. The second-order valence-electron chi connectivity index (χ2n) is 4.64. The molecule has 1 saturated heterocycles. The lowest BCUT2D eigenvalue weighted by molar-refractivity contribution is 0.122. The first-order valence-corrected chi connectivity index (χ1v) is 6.91. The highest BCUT2D eigenvalue weighted by Gasteiger charge is 2.16. The summed E-state index contributed by atoms with van der Waals surface area (Å²) in [6, 6.07) is 5.36. The molecule has 1 aromatic carbocycles. The van der Waals surface area contributed by atoms with Gasteiger partial charge in [-0.3, -0.25) is 0 Å². The maximum absolute atomic E-state index is 6.02. The molecule has 1 fully saturated rings. The number of anilines is 1. The second-order valence-corrected chi connectivity index (χ2v) is 5.08. The van der Waals surface area contributed by atoms with Crippen LogP contribution in [0.4, 0.5) is 11.8 Å². The summed E-state index contributed by atoms with van der Waals surface area (Å²) in [7, 11) is 0. The molecule has 1 aliphatic rings. The fourth-order valence-electron chi connectivity index (χ4n) is 2.18. The number of halogens is 1. The van der Waals surface area contributed by atoms with E-state index in [0.717, 1.165) is 18.6 Å². The number of morpholine rings is 1. The Morgan fingerprint density at radius 3 is 2.71 bits per heavy atom. The van der Waals surface area contributed by atoms with Crippen LogP contribution in [0.5, 0.6) is 0 Å². The van der Waals surface area contributed by atoms with Gasteiger partial charge in [0, 0.05) is 23.5 Å². The topological polar surface area (TPSA) is 103 Å². The Kier molecular flexibility index (Phi) is 3.76. The molecule has 0 unspecified atom stereocenters. The van der Waals surface area contributed by atoms with E-state index in [4.69, 9.17) is 27.8 Å². The fraction of sp³-hybridized carbons (Fsp3) is 0.308. The molecule has 4 N–H and O–H groups in total. The minimum absolute atomic E-state index is 0.0529. The predicted octanol–water partition coefficient (Wildman–Crippen LogP) is 1.02. The van der Waals surface area contributed by atoms with E-state index in [-0.39, 0.29) is 5.96 Å². The summed E-state index contributed by atoms with van der Waals surface area (Å²) in [6.45, 7) is 2.78. The summed E-state index contributed by atoms with van der Waals surface area (Å²) in [5.74, 6) is 0.958. The van der Waals surface area contributed by atoms with Gasteiger partial charge in [0.25, 0.3) is 0 Å². The number of ether oxygens (including phenoxy) is 1. The summed E-state index contributed by atoms with van der Waals surface area (Å²) in [5.41, 5.74) is 11.7. The van der Waals surface area contributed by atoms with Crippen LogP contribution in [0.15, 0.2) is 23.2 Å². The average Bonchev–Trinajstić information content (AvgIpc) is 2.48. The lowest BCUT2D eigenvalue weighted by Gasteiger charge is -2.27. The van der Waals surface area contributed by atoms with Gasteiger partial charge in [0.1, 0.15) is 0 Å². The predicted molar refractivity (Wildman–Crippen MR) is 83.0 cm³/mol. The molecular weight excluding hydrogens is 292 g/mol. The molecule has 110 valence electrons. The number of benzene rings is 1. The zero-order chi connectivity index (χ0) is 14.8. The molecular formula is C13H15ClN6O. The van der Waals surface area contributed by atoms with Gasteiger partial charge in [0.05, 0.1) is 18.7 Å². The monoisotopic (exact) mass is 306 g/mol. The minimum atomic E-state index is -0.0529. The molecule has 2 heterocycles. The van der Waals surface area contributed by atoms with Gasteiger partial charge in [-0.1, -0.05) is 11.6 Å². The highest BCUT2D eigenvalue weighted by Crippen LogP contribution is 2.28. The molecule has 3 rings (SSSR count).